The second kappa shape index (κ2) is 6.45. The molecule has 0 unspecified atom stereocenters. The van der Waals surface area contributed by atoms with Crippen LogP contribution in [0, 0.1) is 0 Å². The molecule has 0 bridgehead atoms. The average Bonchev–Trinajstić information content (AvgIpc) is 2.13. The van der Waals surface area contributed by atoms with Gasteiger partial charge in [0.25, 0.3) is 0 Å². The molecule has 0 radical (unpaired) electrons. The van der Waals surface area contributed by atoms with Crippen molar-refractivity contribution in [2.75, 3.05) is 31.2 Å². The van der Waals surface area contributed by atoms with Crippen molar-refractivity contribution in [3.05, 3.63) is 0 Å². The van der Waals surface area contributed by atoms with Crippen LogP contribution >= 0.6 is 0 Å². The van der Waals surface area contributed by atoms with Gasteiger partial charge in [0.15, 0.2) is 9.84 Å². The first kappa shape index (κ1) is 14.9. The van der Waals surface area contributed by atoms with Crippen molar-refractivity contribution in [1.82, 2.24) is 5.32 Å². The zero-order valence-corrected chi connectivity index (χ0v) is 11.0. The highest BCUT2D eigenvalue weighted by Crippen LogP contribution is 2.06. The van der Waals surface area contributed by atoms with Crippen LogP contribution in [0.1, 0.15) is 27.7 Å². The number of sulfone groups is 1. The Morgan fingerprint density at radius 3 is 2.33 bits per heavy atom. The summed E-state index contributed by atoms with van der Waals surface area (Å²) in [6.07, 6.45) is 0. The van der Waals surface area contributed by atoms with Crippen LogP contribution in [0.25, 0.3) is 0 Å². The molecule has 0 aliphatic heterocycles. The number of hydrogen-bond acceptors (Lipinski definition) is 4. The van der Waals surface area contributed by atoms with Gasteiger partial charge >= 0.3 is 0 Å². The van der Waals surface area contributed by atoms with Crippen molar-refractivity contribution in [1.29, 1.82) is 0 Å². The Balaban J connectivity index is 3.72. The highest BCUT2D eigenvalue weighted by molar-refractivity contribution is 7.91. The fraction of sp³-hybridized carbons (Fsp3) is 1.00. The molecular weight excluding hydrogens is 214 g/mol. The Kier molecular flexibility index (Phi) is 6.40. The molecule has 4 nitrogen and oxygen atoms in total. The second-order valence-corrected chi connectivity index (χ2v) is 6.58. The fourth-order valence-corrected chi connectivity index (χ4v) is 1.95. The quantitative estimate of drug-likeness (QED) is 0.635. The Hall–Kier alpha value is -0.130. The molecular formula is C10H23NO3S. The van der Waals surface area contributed by atoms with Gasteiger partial charge < -0.3 is 10.1 Å². The Labute approximate surface area is 93.3 Å². The van der Waals surface area contributed by atoms with E-state index in [0.29, 0.717) is 19.7 Å². The summed E-state index contributed by atoms with van der Waals surface area (Å²) in [4.78, 5) is 0. The van der Waals surface area contributed by atoms with Crippen LogP contribution in [0.5, 0.6) is 0 Å². The van der Waals surface area contributed by atoms with E-state index < -0.39 is 9.84 Å². The zero-order chi connectivity index (χ0) is 11.9. The fourth-order valence-electron chi connectivity index (χ4n) is 1.20. The van der Waals surface area contributed by atoms with E-state index in [2.05, 4.69) is 5.32 Å². The lowest BCUT2D eigenvalue weighted by Gasteiger charge is -2.24. The molecule has 0 fully saturated rings. The smallest absolute Gasteiger partial charge is 0.151 e. The van der Waals surface area contributed by atoms with Crippen LogP contribution in [0.4, 0.5) is 0 Å². The second-order valence-electron chi connectivity index (χ2n) is 4.11. The molecule has 0 aromatic rings. The van der Waals surface area contributed by atoms with Crippen LogP contribution in [-0.4, -0.2) is 45.2 Å². The molecule has 0 spiro atoms. The average molecular weight is 237 g/mol. The van der Waals surface area contributed by atoms with Crippen LogP contribution in [-0.2, 0) is 14.6 Å². The summed E-state index contributed by atoms with van der Waals surface area (Å²) in [7, 11) is -2.85. The minimum atomic E-state index is -2.85. The first-order valence-corrected chi connectivity index (χ1v) is 7.20. The van der Waals surface area contributed by atoms with Gasteiger partial charge in [0.05, 0.1) is 11.4 Å². The van der Waals surface area contributed by atoms with Gasteiger partial charge in [-0.05, 0) is 20.8 Å². The minimum Gasteiger partial charge on any atom is -0.375 e. The van der Waals surface area contributed by atoms with Crippen molar-refractivity contribution >= 4 is 9.84 Å². The molecule has 5 heteroatoms. The molecule has 0 aliphatic carbocycles. The molecule has 0 amide bonds. The maximum absolute atomic E-state index is 11.2. The highest BCUT2D eigenvalue weighted by atomic mass is 32.2. The van der Waals surface area contributed by atoms with Crippen LogP contribution < -0.4 is 5.32 Å². The Bertz CT molecular complexity index is 260. The molecule has 0 aliphatic rings. The first-order valence-electron chi connectivity index (χ1n) is 5.38. The first-order chi connectivity index (χ1) is 6.83. The summed E-state index contributed by atoms with van der Waals surface area (Å²) in [5.41, 5.74) is -0.231. The van der Waals surface area contributed by atoms with Gasteiger partial charge in [0, 0.05) is 25.4 Å². The topological polar surface area (TPSA) is 55.4 Å². The molecule has 0 aromatic heterocycles. The third-order valence-corrected chi connectivity index (χ3v) is 3.82. The van der Waals surface area contributed by atoms with E-state index in [1.165, 1.54) is 0 Å². The standard InChI is InChI=1S/C10H23NO3S/c1-5-14-10(3,4)9-11-7-8-15(12,13)6-2/h11H,5-9H2,1-4H3. The van der Waals surface area contributed by atoms with Crippen molar-refractivity contribution in [3.63, 3.8) is 0 Å². The van der Waals surface area contributed by atoms with E-state index in [-0.39, 0.29) is 17.1 Å². The van der Waals surface area contributed by atoms with Gasteiger partial charge in [-0.25, -0.2) is 8.42 Å². The maximum Gasteiger partial charge on any atom is 0.151 e. The van der Waals surface area contributed by atoms with Crippen LogP contribution in [0.3, 0.4) is 0 Å². The van der Waals surface area contributed by atoms with Crippen molar-refractivity contribution in [2.45, 2.75) is 33.3 Å². The van der Waals surface area contributed by atoms with E-state index in [4.69, 9.17) is 4.74 Å². The lowest BCUT2D eigenvalue weighted by Crippen LogP contribution is -2.39. The predicted molar refractivity (Wildman–Crippen MR) is 62.9 cm³/mol. The summed E-state index contributed by atoms with van der Waals surface area (Å²) in [5.74, 6) is 0.412. The largest absolute Gasteiger partial charge is 0.375 e. The number of ether oxygens (including phenoxy) is 1. The minimum absolute atomic E-state index is 0.200. The van der Waals surface area contributed by atoms with E-state index in [1.54, 1.807) is 6.92 Å². The lowest BCUT2D eigenvalue weighted by molar-refractivity contribution is -0.00836. The molecule has 1 N–H and O–H groups in total. The number of hydrogen-bond donors (Lipinski definition) is 1. The molecule has 0 aromatic carbocycles. The van der Waals surface area contributed by atoms with Gasteiger partial charge in [-0.2, -0.15) is 0 Å². The number of rotatable bonds is 8. The van der Waals surface area contributed by atoms with E-state index in [1.807, 2.05) is 20.8 Å². The van der Waals surface area contributed by atoms with Gasteiger partial charge in [0.2, 0.25) is 0 Å². The zero-order valence-electron chi connectivity index (χ0n) is 10.2. The van der Waals surface area contributed by atoms with Crippen molar-refractivity contribution < 1.29 is 13.2 Å². The summed E-state index contributed by atoms with van der Waals surface area (Å²) in [6.45, 7) is 9.41. The van der Waals surface area contributed by atoms with Crippen LogP contribution in [0.15, 0.2) is 0 Å². The summed E-state index contributed by atoms with van der Waals surface area (Å²) < 4.78 is 27.8. The molecule has 92 valence electrons. The maximum atomic E-state index is 11.2. The molecule has 0 rings (SSSR count). The lowest BCUT2D eigenvalue weighted by atomic mass is 10.1. The van der Waals surface area contributed by atoms with E-state index in [9.17, 15) is 8.42 Å². The normalized spacial score (nSPS) is 13.1. The SMILES string of the molecule is CCOC(C)(C)CNCCS(=O)(=O)CC. The summed E-state index contributed by atoms with van der Waals surface area (Å²) in [5, 5.41) is 3.10. The third kappa shape index (κ3) is 7.76. The predicted octanol–water partition coefficient (Wildman–Crippen LogP) is 0.826. The van der Waals surface area contributed by atoms with Gasteiger partial charge in [-0.15, -0.1) is 0 Å². The molecule has 0 heterocycles. The summed E-state index contributed by atoms with van der Waals surface area (Å²) >= 11 is 0. The monoisotopic (exact) mass is 237 g/mol. The van der Waals surface area contributed by atoms with Crippen LogP contribution in [0.2, 0.25) is 0 Å². The molecule has 15 heavy (non-hydrogen) atoms. The van der Waals surface area contributed by atoms with E-state index in [0.717, 1.165) is 0 Å². The highest BCUT2D eigenvalue weighted by Gasteiger charge is 2.17. The van der Waals surface area contributed by atoms with Crippen molar-refractivity contribution in [3.8, 4) is 0 Å². The third-order valence-electron chi connectivity index (χ3n) is 2.12. The summed E-state index contributed by atoms with van der Waals surface area (Å²) in [6, 6.07) is 0. The Morgan fingerprint density at radius 2 is 1.87 bits per heavy atom. The van der Waals surface area contributed by atoms with Gasteiger partial charge in [-0.3, -0.25) is 0 Å². The number of nitrogens with one attached hydrogen (secondary N) is 1. The van der Waals surface area contributed by atoms with Crippen molar-refractivity contribution in [2.24, 2.45) is 0 Å². The molecule has 0 saturated heterocycles. The van der Waals surface area contributed by atoms with Gasteiger partial charge in [-0.1, -0.05) is 6.92 Å². The Morgan fingerprint density at radius 1 is 1.27 bits per heavy atom. The molecule has 0 atom stereocenters. The van der Waals surface area contributed by atoms with Gasteiger partial charge in [0.1, 0.15) is 0 Å². The van der Waals surface area contributed by atoms with E-state index >= 15 is 0 Å². The molecule has 0 saturated carbocycles.